The highest BCUT2D eigenvalue weighted by molar-refractivity contribution is 5.70. The van der Waals surface area contributed by atoms with Crippen LogP contribution in [0.5, 0.6) is 0 Å². The van der Waals surface area contributed by atoms with Crippen LogP contribution in [0.15, 0.2) is 24.3 Å². The van der Waals surface area contributed by atoms with E-state index in [0.717, 1.165) is 11.1 Å². The number of carbonyl (C=O) groups is 2. The van der Waals surface area contributed by atoms with Gasteiger partial charge >= 0.3 is 11.9 Å². The molecule has 0 aliphatic heterocycles. The fourth-order valence-electron chi connectivity index (χ4n) is 1.35. The predicted octanol–water partition coefficient (Wildman–Crippen LogP) is 2.55. The summed E-state index contributed by atoms with van der Waals surface area (Å²) in [5.41, 5.74) is 1.62. The second-order valence-corrected chi connectivity index (χ2v) is 3.87. The molecule has 0 saturated carbocycles. The van der Waals surface area contributed by atoms with E-state index < -0.39 is 11.9 Å². The molecule has 0 bridgehead atoms. The minimum absolute atomic E-state index is 0.112. The average molecular weight is 251 g/mol. The van der Waals surface area contributed by atoms with Gasteiger partial charge in [0, 0.05) is 12.8 Å². The molecule has 1 N–H and O–H groups in total. The van der Waals surface area contributed by atoms with Crippen LogP contribution in [0.3, 0.4) is 0 Å². The fourth-order valence-corrected chi connectivity index (χ4v) is 1.35. The number of ether oxygens (including phenoxy) is 1. The normalized spacial score (nSPS) is 9.28. The van der Waals surface area contributed by atoms with Crippen molar-refractivity contribution in [1.82, 2.24) is 0 Å². The van der Waals surface area contributed by atoms with Crippen molar-refractivity contribution in [2.45, 2.75) is 38.5 Å². The van der Waals surface area contributed by atoms with Crippen LogP contribution >= 0.6 is 0 Å². The average Bonchev–Trinajstić information content (AvgIpc) is 2.28. The van der Waals surface area contributed by atoms with Crippen LogP contribution in [0, 0.1) is 11.5 Å². The van der Waals surface area contributed by atoms with E-state index in [4.69, 9.17) is 10.4 Å². The number of esters is 1. The molecule has 0 aromatic rings. The molecule has 5 nitrogen and oxygen atoms in total. The van der Waals surface area contributed by atoms with Gasteiger partial charge in [-0.25, -0.2) is 0 Å². The Balaban J connectivity index is 3.75. The Bertz CT molecular complexity index is 379. The molecule has 0 aliphatic carbocycles. The number of nitrogens with zero attached hydrogens (tertiary/aromatic N) is 1. The second-order valence-electron chi connectivity index (χ2n) is 3.87. The molecule has 5 heteroatoms. The van der Waals surface area contributed by atoms with Crippen LogP contribution in [0.2, 0.25) is 0 Å². The Hall–Kier alpha value is -2.09. The molecule has 18 heavy (non-hydrogen) atoms. The zero-order chi connectivity index (χ0) is 14.0. The number of allylic oxidation sites excluding steroid dienone is 2. The number of carboxylic acids is 1. The lowest BCUT2D eigenvalue weighted by molar-refractivity contribution is -0.138. The third kappa shape index (κ3) is 8.11. The van der Waals surface area contributed by atoms with Gasteiger partial charge in [0.25, 0.3) is 6.26 Å². The van der Waals surface area contributed by atoms with Gasteiger partial charge in [-0.15, -0.1) is 5.26 Å². The summed E-state index contributed by atoms with van der Waals surface area (Å²) in [4.78, 5) is 21.2. The number of carbonyl (C=O) groups excluding carboxylic acids is 1. The number of hydrogen-bond donors (Lipinski definition) is 1. The zero-order valence-corrected chi connectivity index (χ0v) is 10.3. The standard InChI is InChI=1S/C13H17NO4/c1-10(5-3-7-12(15)16)11(2)6-4-8-13(17)18-9-14/h1-8H2,(H,15,16). The Labute approximate surface area is 106 Å². The van der Waals surface area contributed by atoms with E-state index in [9.17, 15) is 9.59 Å². The monoisotopic (exact) mass is 251 g/mol. The lowest BCUT2D eigenvalue weighted by Crippen LogP contribution is -2.00. The Morgan fingerprint density at radius 2 is 1.56 bits per heavy atom. The maximum Gasteiger partial charge on any atom is 0.321 e. The summed E-state index contributed by atoms with van der Waals surface area (Å²) >= 11 is 0. The summed E-state index contributed by atoms with van der Waals surface area (Å²) in [5.74, 6) is -1.38. The highest BCUT2D eigenvalue weighted by Gasteiger charge is 2.06. The minimum atomic E-state index is -0.826. The van der Waals surface area contributed by atoms with Crippen LogP contribution in [-0.2, 0) is 14.3 Å². The number of rotatable bonds is 9. The molecule has 0 atom stereocenters. The van der Waals surface area contributed by atoms with Crippen molar-refractivity contribution < 1.29 is 19.4 Å². The van der Waals surface area contributed by atoms with Crippen molar-refractivity contribution in [3.05, 3.63) is 24.3 Å². The van der Waals surface area contributed by atoms with Gasteiger partial charge in [0.15, 0.2) is 0 Å². The van der Waals surface area contributed by atoms with Gasteiger partial charge in [0.2, 0.25) is 0 Å². The molecule has 0 spiro atoms. The Morgan fingerprint density at radius 3 is 2.00 bits per heavy atom. The largest absolute Gasteiger partial charge is 0.481 e. The number of nitriles is 1. The molecule has 0 saturated heterocycles. The first-order chi connectivity index (χ1) is 8.47. The van der Waals surface area contributed by atoms with Gasteiger partial charge in [-0.1, -0.05) is 24.3 Å². The van der Waals surface area contributed by atoms with E-state index in [1.165, 1.54) is 6.26 Å². The third-order valence-corrected chi connectivity index (χ3v) is 2.39. The quantitative estimate of drug-likeness (QED) is 0.386. The topological polar surface area (TPSA) is 87.4 Å². The van der Waals surface area contributed by atoms with E-state index in [1.54, 1.807) is 0 Å². The summed E-state index contributed by atoms with van der Waals surface area (Å²) in [6.45, 7) is 7.66. The van der Waals surface area contributed by atoms with Crippen LogP contribution in [-0.4, -0.2) is 17.0 Å². The van der Waals surface area contributed by atoms with Crippen LogP contribution in [0.1, 0.15) is 38.5 Å². The predicted molar refractivity (Wildman–Crippen MR) is 65.3 cm³/mol. The molecule has 98 valence electrons. The second kappa shape index (κ2) is 8.99. The maximum absolute atomic E-state index is 10.9. The first-order valence-corrected chi connectivity index (χ1v) is 5.64. The van der Waals surface area contributed by atoms with E-state index in [1.807, 2.05) is 0 Å². The van der Waals surface area contributed by atoms with Gasteiger partial charge in [-0.2, -0.15) is 0 Å². The van der Waals surface area contributed by atoms with Crippen molar-refractivity contribution in [3.8, 4) is 6.26 Å². The molecule has 0 radical (unpaired) electrons. The van der Waals surface area contributed by atoms with Gasteiger partial charge in [-0.3, -0.25) is 9.59 Å². The SMILES string of the molecule is C=C(CCCC(=O)O)C(=C)CCCC(=O)OC#N. The molecule has 0 amide bonds. The smallest absolute Gasteiger partial charge is 0.321 e. The molecule has 0 heterocycles. The van der Waals surface area contributed by atoms with Crippen molar-refractivity contribution in [2.24, 2.45) is 0 Å². The summed E-state index contributed by atoms with van der Waals surface area (Å²) in [6, 6.07) is 0. The van der Waals surface area contributed by atoms with Gasteiger partial charge in [0.1, 0.15) is 0 Å². The lowest BCUT2D eigenvalue weighted by atomic mass is 9.99. The van der Waals surface area contributed by atoms with Crippen molar-refractivity contribution >= 4 is 11.9 Å². The van der Waals surface area contributed by atoms with Gasteiger partial charge in [-0.05, 0) is 25.7 Å². The maximum atomic E-state index is 10.9. The third-order valence-electron chi connectivity index (χ3n) is 2.39. The van der Waals surface area contributed by atoms with Crippen LogP contribution in [0.4, 0.5) is 0 Å². The Morgan fingerprint density at radius 1 is 1.06 bits per heavy atom. The Kier molecular flexibility index (Phi) is 7.95. The molecular weight excluding hydrogens is 234 g/mol. The van der Waals surface area contributed by atoms with E-state index in [-0.39, 0.29) is 12.8 Å². The van der Waals surface area contributed by atoms with Crippen molar-refractivity contribution in [1.29, 1.82) is 5.26 Å². The van der Waals surface area contributed by atoms with E-state index in [0.29, 0.717) is 25.7 Å². The number of hydrogen-bond acceptors (Lipinski definition) is 4. The molecule has 0 aromatic heterocycles. The van der Waals surface area contributed by atoms with Crippen LogP contribution < -0.4 is 0 Å². The summed E-state index contributed by atoms with van der Waals surface area (Å²) in [7, 11) is 0. The van der Waals surface area contributed by atoms with Crippen LogP contribution in [0.25, 0.3) is 0 Å². The number of aliphatic carboxylic acids is 1. The fraction of sp³-hybridized carbons (Fsp3) is 0.462. The van der Waals surface area contributed by atoms with Crippen molar-refractivity contribution in [3.63, 3.8) is 0 Å². The summed E-state index contributed by atoms with van der Waals surface area (Å²) in [6.07, 6.45) is 3.85. The molecule has 0 fully saturated rings. The van der Waals surface area contributed by atoms with Gasteiger partial charge in [0.05, 0.1) is 0 Å². The summed E-state index contributed by atoms with van der Waals surface area (Å²) < 4.78 is 4.12. The van der Waals surface area contributed by atoms with Crippen molar-refractivity contribution in [2.75, 3.05) is 0 Å². The molecule has 0 unspecified atom stereocenters. The lowest BCUT2D eigenvalue weighted by Gasteiger charge is -2.08. The molecule has 0 aromatic carbocycles. The summed E-state index contributed by atoms with van der Waals surface area (Å²) in [5, 5.41) is 16.6. The highest BCUT2D eigenvalue weighted by atomic mass is 16.5. The highest BCUT2D eigenvalue weighted by Crippen LogP contribution is 2.18. The number of carboxylic acid groups (broad SMARTS) is 1. The molecular formula is C13H17NO4. The van der Waals surface area contributed by atoms with E-state index in [2.05, 4.69) is 17.9 Å². The molecule has 0 aliphatic rings. The minimum Gasteiger partial charge on any atom is -0.481 e. The van der Waals surface area contributed by atoms with Gasteiger partial charge < -0.3 is 9.84 Å². The molecule has 0 rings (SSSR count). The first kappa shape index (κ1) is 15.9. The zero-order valence-electron chi connectivity index (χ0n) is 10.3. The first-order valence-electron chi connectivity index (χ1n) is 5.64. The van der Waals surface area contributed by atoms with E-state index >= 15 is 0 Å².